The highest BCUT2D eigenvalue weighted by atomic mass is 32.1. The number of nitrogens with one attached hydrogen (secondary N) is 4. The minimum Gasteiger partial charge on any atom is -0.333 e. The van der Waals surface area contributed by atoms with Gasteiger partial charge in [-0.1, -0.05) is 0 Å². The third kappa shape index (κ3) is 1.98. The van der Waals surface area contributed by atoms with Crippen LogP contribution in [0.2, 0.25) is 0 Å². The van der Waals surface area contributed by atoms with Crippen LogP contribution in [-0.4, -0.2) is 27.4 Å². The Kier molecular flexibility index (Phi) is 2.45. The number of nitrogens with zero attached hydrogens (tertiary/aromatic N) is 2. The van der Waals surface area contributed by atoms with Crippen LogP contribution in [-0.2, 0) is 0 Å². The molecule has 70 valence electrons. The molecule has 0 spiro atoms. The highest BCUT2D eigenvalue weighted by Gasteiger charge is 2.17. The zero-order chi connectivity index (χ0) is 9.10. The van der Waals surface area contributed by atoms with Gasteiger partial charge in [-0.3, -0.25) is 4.79 Å². The fraction of sp³-hybridized carbons (Fsp3) is 0.400. The first kappa shape index (κ1) is 8.51. The number of rotatable bonds is 2. The van der Waals surface area contributed by atoms with E-state index in [9.17, 15) is 4.79 Å². The quantitative estimate of drug-likeness (QED) is 0.450. The van der Waals surface area contributed by atoms with Gasteiger partial charge in [-0.15, -0.1) is 0 Å². The van der Waals surface area contributed by atoms with Crippen molar-refractivity contribution in [2.24, 2.45) is 0 Å². The summed E-state index contributed by atoms with van der Waals surface area (Å²) in [4.78, 5) is 11.4. The molecule has 0 radical (unpaired) electrons. The summed E-state index contributed by atoms with van der Waals surface area (Å²) in [6.07, 6.45) is 1.32. The Morgan fingerprint density at radius 1 is 1.77 bits per heavy atom. The largest absolute Gasteiger partial charge is 0.333 e. The molecular formula is C5H8N6OS. The number of carbonyl (C=O) groups is 1. The van der Waals surface area contributed by atoms with Crippen molar-refractivity contribution < 1.29 is 4.79 Å². The van der Waals surface area contributed by atoms with Gasteiger partial charge in [-0.05, 0) is 0 Å². The van der Waals surface area contributed by atoms with Gasteiger partial charge < -0.3 is 5.32 Å². The molecule has 1 aliphatic heterocycles. The molecule has 2 rings (SSSR count). The van der Waals surface area contributed by atoms with E-state index in [2.05, 4.69) is 30.5 Å². The maximum atomic E-state index is 11.4. The zero-order valence-electron chi connectivity index (χ0n) is 6.57. The maximum Gasteiger partial charge on any atom is 0.273 e. The first-order valence-corrected chi connectivity index (χ1v) is 4.41. The third-order valence-electron chi connectivity index (χ3n) is 1.54. The van der Waals surface area contributed by atoms with Gasteiger partial charge in [0, 0.05) is 6.54 Å². The van der Waals surface area contributed by atoms with E-state index in [1.807, 2.05) is 0 Å². The van der Waals surface area contributed by atoms with Crippen molar-refractivity contribution in [1.82, 2.24) is 30.5 Å². The lowest BCUT2D eigenvalue weighted by atomic mass is 10.4. The molecule has 0 aliphatic carbocycles. The highest BCUT2D eigenvalue weighted by Crippen LogP contribution is 1.95. The molecular weight excluding hydrogens is 192 g/mol. The van der Waals surface area contributed by atoms with Crippen LogP contribution in [0.25, 0.3) is 0 Å². The number of hydrogen-bond donors (Lipinski definition) is 4. The van der Waals surface area contributed by atoms with Gasteiger partial charge in [0.1, 0.15) is 6.17 Å². The van der Waals surface area contributed by atoms with Crippen molar-refractivity contribution in [1.29, 1.82) is 0 Å². The van der Waals surface area contributed by atoms with Crippen molar-refractivity contribution in [2.75, 3.05) is 6.54 Å². The average Bonchev–Trinajstić information content (AvgIpc) is 2.74. The summed E-state index contributed by atoms with van der Waals surface area (Å²) in [6, 6.07) is 0. The molecule has 1 aromatic rings. The van der Waals surface area contributed by atoms with E-state index in [1.165, 1.54) is 6.20 Å². The van der Waals surface area contributed by atoms with Gasteiger partial charge in [0.15, 0.2) is 5.69 Å². The summed E-state index contributed by atoms with van der Waals surface area (Å²) in [5, 5.41) is 2.71. The summed E-state index contributed by atoms with van der Waals surface area (Å²) in [5.74, 6) is -0.225. The topological polar surface area (TPSA) is 91.0 Å². The van der Waals surface area contributed by atoms with Gasteiger partial charge in [-0.25, -0.2) is 10.9 Å². The van der Waals surface area contributed by atoms with Gasteiger partial charge in [0.2, 0.25) is 0 Å². The van der Waals surface area contributed by atoms with E-state index < -0.39 is 0 Å². The van der Waals surface area contributed by atoms with Crippen molar-refractivity contribution in [2.45, 2.75) is 6.17 Å². The molecule has 1 unspecified atom stereocenters. The zero-order valence-corrected chi connectivity index (χ0v) is 7.39. The first-order valence-electron chi connectivity index (χ1n) is 3.68. The summed E-state index contributed by atoms with van der Waals surface area (Å²) in [7, 11) is 0. The predicted molar refractivity (Wildman–Crippen MR) is 45.4 cm³/mol. The van der Waals surface area contributed by atoms with Gasteiger partial charge in [0.25, 0.3) is 5.91 Å². The van der Waals surface area contributed by atoms with E-state index in [1.54, 1.807) is 0 Å². The summed E-state index contributed by atoms with van der Waals surface area (Å²) < 4.78 is 7.54. The molecule has 7 nitrogen and oxygen atoms in total. The van der Waals surface area contributed by atoms with E-state index in [0.29, 0.717) is 12.2 Å². The molecule has 8 heteroatoms. The predicted octanol–water partition coefficient (Wildman–Crippen LogP) is -1.79. The van der Waals surface area contributed by atoms with Crippen molar-refractivity contribution in [3.63, 3.8) is 0 Å². The Morgan fingerprint density at radius 3 is 3.31 bits per heavy atom. The van der Waals surface area contributed by atoms with E-state index >= 15 is 0 Å². The molecule has 1 aromatic heterocycles. The number of carbonyl (C=O) groups excluding carboxylic acids is 1. The normalized spacial score (nSPS) is 21.7. The SMILES string of the molecule is O=C(NC1CNNN1)c1cnsn1. The molecule has 2 heterocycles. The number of amides is 1. The summed E-state index contributed by atoms with van der Waals surface area (Å²) in [5.41, 5.74) is 8.65. The summed E-state index contributed by atoms with van der Waals surface area (Å²) in [6.45, 7) is 0.628. The number of hydrazine groups is 2. The average molecular weight is 200 g/mol. The standard InChI is InChI=1S/C5H8N6OS/c12-5(3-1-7-13-10-3)8-4-2-6-11-9-4/h1,4,6,9,11H,2H2,(H,8,12). The van der Waals surface area contributed by atoms with Crippen LogP contribution in [0.1, 0.15) is 10.5 Å². The lowest BCUT2D eigenvalue weighted by Gasteiger charge is -2.08. The Labute approximate surface area is 78.2 Å². The summed E-state index contributed by atoms with van der Waals surface area (Å²) >= 11 is 1.01. The van der Waals surface area contributed by atoms with E-state index in [4.69, 9.17) is 0 Å². The van der Waals surface area contributed by atoms with Crippen LogP contribution in [0.5, 0.6) is 0 Å². The van der Waals surface area contributed by atoms with E-state index in [-0.39, 0.29) is 12.1 Å². The molecule has 1 saturated heterocycles. The number of hydrogen-bond acceptors (Lipinski definition) is 7. The lowest BCUT2D eigenvalue weighted by Crippen LogP contribution is -2.45. The van der Waals surface area contributed by atoms with E-state index in [0.717, 1.165) is 11.7 Å². The van der Waals surface area contributed by atoms with Crippen molar-refractivity contribution >= 4 is 17.6 Å². The van der Waals surface area contributed by atoms with Crippen LogP contribution in [0.15, 0.2) is 6.20 Å². The second-order valence-corrected chi connectivity index (χ2v) is 3.03. The first-order chi connectivity index (χ1) is 6.36. The second kappa shape index (κ2) is 3.75. The molecule has 13 heavy (non-hydrogen) atoms. The Bertz CT molecular complexity index is 281. The van der Waals surface area contributed by atoms with Crippen molar-refractivity contribution in [3.05, 3.63) is 11.9 Å². The minimum atomic E-state index is -0.225. The third-order valence-corrected chi connectivity index (χ3v) is 2.02. The molecule has 1 atom stereocenters. The monoisotopic (exact) mass is 200 g/mol. The van der Waals surface area contributed by atoms with Gasteiger partial charge in [0.05, 0.1) is 17.9 Å². The molecule has 1 aliphatic rings. The molecule has 0 bridgehead atoms. The van der Waals surface area contributed by atoms with Crippen LogP contribution in [0, 0.1) is 0 Å². The molecule has 4 N–H and O–H groups in total. The Morgan fingerprint density at radius 2 is 2.69 bits per heavy atom. The second-order valence-electron chi connectivity index (χ2n) is 2.47. The van der Waals surface area contributed by atoms with Crippen LogP contribution < -0.4 is 21.7 Å². The Balaban J connectivity index is 1.91. The minimum absolute atomic E-state index is 0.116. The van der Waals surface area contributed by atoms with Gasteiger partial charge in [-0.2, -0.15) is 14.3 Å². The fourth-order valence-corrected chi connectivity index (χ4v) is 1.34. The van der Waals surface area contributed by atoms with Crippen LogP contribution >= 0.6 is 11.7 Å². The Hall–Kier alpha value is -1.09. The van der Waals surface area contributed by atoms with Crippen molar-refractivity contribution in [3.8, 4) is 0 Å². The van der Waals surface area contributed by atoms with Crippen LogP contribution in [0.3, 0.4) is 0 Å². The molecule has 0 aromatic carbocycles. The number of aromatic nitrogens is 2. The molecule has 1 amide bonds. The molecule has 0 saturated carbocycles. The molecule has 1 fully saturated rings. The fourth-order valence-electron chi connectivity index (χ4n) is 0.926. The lowest BCUT2D eigenvalue weighted by molar-refractivity contribution is 0.0930. The maximum absolute atomic E-state index is 11.4. The highest BCUT2D eigenvalue weighted by molar-refractivity contribution is 6.99. The smallest absolute Gasteiger partial charge is 0.273 e. The van der Waals surface area contributed by atoms with Crippen LogP contribution in [0.4, 0.5) is 0 Å². The van der Waals surface area contributed by atoms with Gasteiger partial charge >= 0.3 is 0 Å².